The molecule has 0 radical (unpaired) electrons. The van der Waals surface area contributed by atoms with Gasteiger partial charge in [0.05, 0.1) is 24.1 Å². The maximum Gasteiger partial charge on any atom is 0.244 e. The zero-order valence-corrected chi connectivity index (χ0v) is 20.8. The van der Waals surface area contributed by atoms with Gasteiger partial charge in [0.25, 0.3) is 0 Å². The van der Waals surface area contributed by atoms with Crippen LogP contribution >= 0.6 is 11.6 Å². The maximum atomic E-state index is 13.5. The van der Waals surface area contributed by atoms with Gasteiger partial charge in [-0.2, -0.15) is 0 Å². The molecule has 0 saturated carbocycles. The lowest BCUT2D eigenvalue weighted by molar-refractivity contribution is -0.140. The van der Waals surface area contributed by atoms with Crippen molar-refractivity contribution in [3.63, 3.8) is 0 Å². The van der Waals surface area contributed by atoms with Gasteiger partial charge in [-0.15, -0.1) is 0 Å². The molecule has 2 aromatic rings. The number of para-hydroxylation sites is 1. The summed E-state index contributed by atoms with van der Waals surface area (Å²) in [6.45, 7) is 3.64. The second-order valence-electron chi connectivity index (χ2n) is 7.41. The largest absolute Gasteiger partial charge is 0.497 e. The van der Waals surface area contributed by atoms with Gasteiger partial charge < -0.3 is 15.0 Å². The van der Waals surface area contributed by atoms with Crippen molar-refractivity contribution >= 4 is 39.1 Å². The number of nitrogens with zero attached hydrogens (tertiary/aromatic N) is 2. The summed E-state index contributed by atoms with van der Waals surface area (Å²) in [5.41, 5.74) is 0.973. The van der Waals surface area contributed by atoms with Crippen molar-refractivity contribution in [2.24, 2.45) is 0 Å². The lowest BCUT2D eigenvalue weighted by Crippen LogP contribution is -2.52. The average Bonchev–Trinajstić information content (AvgIpc) is 2.77. The highest BCUT2D eigenvalue weighted by atomic mass is 35.5. The number of benzene rings is 2. The van der Waals surface area contributed by atoms with Crippen LogP contribution in [0.5, 0.6) is 5.75 Å². The van der Waals surface area contributed by atoms with Crippen LogP contribution in [0, 0.1) is 0 Å². The van der Waals surface area contributed by atoms with E-state index in [4.69, 9.17) is 16.3 Å². The van der Waals surface area contributed by atoms with Crippen LogP contribution in [0.2, 0.25) is 5.02 Å². The number of likely N-dealkylation sites (N-methyl/N-ethyl adjacent to an activating group) is 1. The van der Waals surface area contributed by atoms with Crippen molar-refractivity contribution < 1.29 is 22.7 Å². The third-order valence-electron chi connectivity index (χ3n) is 5.05. The first kappa shape index (κ1) is 26.5. The number of rotatable bonds is 11. The fraction of sp³-hybridized carbons (Fsp3) is 0.391. The second kappa shape index (κ2) is 11.9. The quantitative estimate of drug-likeness (QED) is 0.517. The first-order valence-electron chi connectivity index (χ1n) is 10.5. The standard InChI is InChI=1S/C23H30ClN3O5S/c1-5-20(23(29)25-6-2)26(15-17-11-13-18(32-3)14-12-17)22(28)16-27(33(4,30)31)21-10-8-7-9-19(21)24/h7-14,20H,5-6,15-16H2,1-4H3,(H,25,29)/t20-/m1/s1. The number of hydrogen-bond donors (Lipinski definition) is 1. The number of amides is 2. The van der Waals surface area contributed by atoms with Gasteiger partial charge in [0.1, 0.15) is 18.3 Å². The van der Waals surface area contributed by atoms with Crippen LogP contribution in [0.4, 0.5) is 5.69 Å². The van der Waals surface area contributed by atoms with E-state index in [1.54, 1.807) is 63.4 Å². The molecule has 0 aromatic heterocycles. The summed E-state index contributed by atoms with van der Waals surface area (Å²) in [7, 11) is -2.27. The van der Waals surface area contributed by atoms with Crippen molar-refractivity contribution in [3.05, 3.63) is 59.1 Å². The summed E-state index contributed by atoms with van der Waals surface area (Å²) in [5, 5.41) is 2.96. The zero-order chi connectivity index (χ0) is 24.6. The number of methoxy groups -OCH3 is 1. The molecule has 2 amide bonds. The van der Waals surface area contributed by atoms with E-state index in [1.165, 1.54) is 11.0 Å². The molecule has 0 fully saturated rings. The topological polar surface area (TPSA) is 96.0 Å². The molecule has 0 heterocycles. The molecule has 0 aliphatic carbocycles. The number of carbonyl (C=O) groups excluding carboxylic acids is 2. The Labute approximate surface area is 200 Å². The minimum Gasteiger partial charge on any atom is -0.497 e. The van der Waals surface area contributed by atoms with E-state index in [1.807, 2.05) is 0 Å². The lowest BCUT2D eigenvalue weighted by Gasteiger charge is -2.33. The first-order chi connectivity index (χ1) is 15.6. The smallest absolute Gasteiger partial charge is 0.244 e. The predicted octanol–water partition coefficient (Wildman–Crippen LogP) is 3.06. The lowest BCUT2D eigenvalue weighted by atomic mass is 10.1. The molecule has 1 atom stereocenters. The summed E-state index contributed by atoms with van der Waals surface area (Å²) in [6.07, 6.45) is 1.37. The summed E-state index contributed by atoms with van der Waals surface area (Å²) >= 11 is 6.22. The van der Waals surface area contributed by atoms with Crippen LogP contribution in [0.1, 0.15) is 25.8 Å². The molecule has 2 aromatic carbocycles. The van der Waals surface area contributed by atoms with Crippen molar-refractivity contribution in [2.75, 3.05) is 30.8 Å². The van der Waals surface area contributed by atoms with Crippen LogP contribution in [0.15, 0.2) is 48.5 Å². The molecule has 33 heavy (non-hydrogen) atoms. The Morgan fingerprint density at radius 2 is 1.73 bits per heavy atom. The van der Waals surface area contributed by atoms with Crippen LogP contribution in [0.3, 0.4) is 0 Å². The highest BCUT2D eigenvalue weighted by Gasteiger charge is 2.32. The minimum absolute atomic E-state index is 0.124. The number of hydrogen-bond acceptors (Lipinski definition) is 5. The molecule has 8 nitrogen and oxygen atoms in total. The number of ether oxygens (including phenoxy) is 1. The fourth-order valence-electron chi connectivity index (χ4n) is 3.39. The van der Waals surface area contributed by atoms with Crippen LogP contribution in [-0.2, 0) is 26.2 Å². The van der Waals surface area contributed by atoms with E-state index >= 15 is 0 Å². The van der Waals surface area contributed by atoms with Crippen LogP contribution in [-0.4, -0.2) is 57.6 Å². The van der Waals surface area contributed by atoms with Crippen molar-refractivity contribution in [3.8, 4) is 5.75 Å². The SMILES string of the molecule is CCNC(=O)[C@@H](CC)N(Cc1ccc(OC)cc1)C(=O)CN(c1ccccc1Cl)S(C)(=O)=O. The molecule has 0 aliphatic rings. The number of nitrogens with one attached hydrogen (secondary N) is 1. The summed E-state index contributed by atoms with van der Waals surface area (Å²) in [6, 6.07) is 12.7. The van der Waals surface area contributed by atoms with E-state index in [-0.39, 0.29) is 23.2 Å². The third-order valence-corrected chi connectivity index (χ3v) is 6.50. The minimum atomic E-state index is -3.83. The third kappa shape index (κ3) is 7.10. The Morgan fingerprint density at radius 3 is 2.24 bits per heavy atom. The van der Waals surface area contributed by atoms with Gasteiger partial charge in [-0.1, -0.05) is 42.8 Å². The van der Waals surface area contributed by atoms with E-state index in [2.05, 4.69) is 5.32 Å². The van der Waals surface area contributed by atoms with E-state index in [0.29, 0.717) is 18.7 Å². The molecule has 1 N–H and O–H groups in total. The van der Waals surface area contributed by atoms with Crippen molar-refractivity contribution in [1.82, 2.24) is 10.2 Å². The highest BCUT2D eigenvalue weighted by molar-refractivity contribution is 7.92. The Hall–Kier alpha value is -2.78. The van der Waals surface area contributed by atoms with Crippen molar-refractivity contribution in [1.29, 1.82) is 0 Å². The van der Waals surface area contributed by atoms with E-state index < -0.39 is 28.5 Å². The van der Waals surface area contributed by atoms with Gasteiger partial charge in [0.2, 0.25) is 21.8 Å². The van der Waals surface area contributed by atoms with Gasteiger partial charge in [0, 0.05) is 13.1 Å². The molecule has 180 valence electrons. The molecule has 0 aliphatic heterocycles. The van der Waals surface area contributed by atoms with Gasteiger partial charge in [-0.3, -0.25) is 13.9 Å². The molecule has 0 bridgehead atoms. The number of halogens is 1. The zero-order valence-electron chi connectivity index (χ0n) is 19.2. The molecular weight excluding hydrogens is 466 g/mol. The number of sulfonamides is 1. The molecule has 2 rings (SSSR count). The normalized spacial score (nSPS) is 12.0. The monoisotopic (exact) mass is 495 g/mol. The summed E-state index contributed by atoms with van der Waals surface area (Å²) in [5.74, 6) is -0.158. The number of anilines is 1. The maximum absolute atomic E-state index is 13.5. The Morgan fingerprint density at radius 1 is 1.09 bits per heavy atom. The van der Waals surface area contributed by atoms with Gasteiger partial charge in [-0.25, -0.2) is 8.42 Å². The summed E-state index contributed by atoms with van der Waals surface area (Å²) < 4.78 is 31.2. The molecule has 0 saturated heterocycles. The van der Waals surface area contributed by atoms with Gasteiger partial charge in [-0.05, 0) is 43.2 Å². The Bertz CT molecular complexity index is 1060. The Balaban J connectivity index is 2.43. The van der Waals surface area contributed by atoms with Gasteiger partial charge in [0.15, 0.2) is 0 Å². The highest BCUT2D eigenvalue weighted by Crippen LogP contribution is 2.27. The molecule has 0 unspecified atom stereocenters. The Kier molecular flexibility index (Phi) is 9.55. The van der Waals surface area contributed by atoms with E-state index in [9.17, 15) is 18.0 Å². The average molecular weight is 496 g/mol. The summed E-state index contributed by atoms with van der Waals surface area (Å²) in [4.78, 5) is 27.6. The second-order valence-corrected chi connectivity index (χ2v) is 9.72. The fourth-order valence-corrected chi connectivity index (χ4v) is 4.54. The molecule has 10 heteroatoms. The predicted molar refractivity (Wildman–Crippen MR) is 130 cm³/mol. The van der Waals surface area contributed by atoms with Crippen LogP contribution < -0.4 is 14.4 Å². The molecule has 0 spiro atoms. The van der Waals surface area contributed by atoms with Crippen molar-refractivity contribution in [2.45, 2.75) is 32.9 Å². The van der Waals surface area contributed by atoms with E-state index in [0.717, 1.165) is 16.1 Å². The number of carbonyl (C=O) groups is 2. The van der Waals surface area contributed by atoms with Crippen LogP contribution in [0.25, 0.3) is 0 Å². The molecular formula is C23H30ClN3O5S. The first-order valence-corrected chi connectivity index (χ1v) is 12.8. The van der Waals surface area contributed by atoms with Gasteiger partial charge >= 0.3 is 0 Å².